The molecule has 0 saturated heterocycles. The maximum Gasteiger partial charge on any atom is 0.173 e. The van der Waals surface area contributed by atoms with E-state index in [1.807, 2.05) is 30.3 Å². The van der Waals surface area contributed by atoms with E-state index in [2.05, 4.69) is 15.9 Å². The Balaban J connectivity index is 0.000000200. The van der Waals surface area contributed by atoms with E-state index < -0.39 is 0 Å². The summed E-state index contributed by atoms with van der Waals surface area (Å²) in [6.07, 6.45) is 0. The van der Waals surface area contributed by atoms with Gasteiger partial charge in [-0.05, 0) is 31.2 Å². The van der Waals surface area contributed by atoms with Gasteiger partial charge in [0.15, 0.2) is 11.6 Å². The molecule has 0 radical (unpaired) electrons. The van der Waals surface area contributed by atoms with Crippen LogP contribution in [0.4, 0.5) is 0 Å². The first-order valence-corrected chi connectivity index (χ1v) is 7.45. The number of ketones is 2. The van der Waals surface area contributed by atoms with Gasteiger partial charge in [0.1, 0.15) is 0 Å². The van der Waals surface area contributed by atoms with Gasteiger partial charge in [0, 0.05) is 16.1 Å². The zero-order valence-electron chi connectivity index (χ0n) is 11.0. The summed E-state index contributed by atoms with van der Waals surface area (Å²) < 4.78 is 0. The minimum absolute atomic E-state index is 0.0664. The molecule has 0 saturated carbocycles. The van der Waals surface area contributed by atoms with Crippen molar-refractivity contribution >= 4 is 39.1 Å². The summed E-state index contributed by atoms with van der Waals surface area (Å²) in [6.45, 7) is 1.53. The summed E-state index contributed by atoms with van der Waals surface area (Å²) in [7, 11) is 0. The summed E-state index contributed by atoms with van der Waals surface area (Å²) in [5, 5.41) is 1.06. The van der Waals surface area contributed by atoms with Crippen molar-refractivity contribution in [2.45, 2.75) is 6.92 Å². The van der Waals surface area contributed by atoms with Gasteiger partial charge in [0.05, 0.1) is 5.33 Å². The first kappa shape index (κ1) is 16.6. The number of rotatable bonds is 3. The van der Waals surface area contributed by atoms with Crippen LogP contribution >= 0.6 is 27.5 Å². The van der Waals surface area contributed by atoms with Crippen LogP contribution in [0.15, 0.2) is 54.6 Å². The lowest BCUT2D eigenvalue weighted by Crippen LogP contribution is -1.98. The highest BCUT2D eigenvalue weighted by molar-refractivity contribution is 9.09. The monoisotopic (exact) mass is 352 g/mol. The van der Waals surface area contributed by atoms with E-state index in [9.17, 15) is 9.59 Å². The van der Waals surface area contributed by atoms with Crippen molar-refractivity contribution in [1.29, 1.82) is 0 Å². The maximum absolute atomic E-state index is 11.0. The van der Waals surface area contributed by atoms with Crippen LogP contribution in [0.25, 0.3) is 0 Å². The van der Waals surface area contributed by atoms with Crippen molar-refractivity contribution in [1.82, 2.24) is 0 Å². The lowest BCUT2D eigenvalue weighted by molar-refractivity contribution is 0.101. The van der Waals surface area contributed by atoms with Gasteiger partial charge in [-0.1, -0.05) is 57.9 Å². The fraction of sp³-hybridized carbons (Fsp3) is 0.125. The number of halogens is 2. The molecule has 0 spiro atoms. The fourth-order valence-electron chi connectivity index (χ4n) is 1.39. The van der Waals surface area contributed by atoms with Gasteiger partial charge in [-0.15, -0.1) is 0 Å². The fourth-order valence-corrected chi connectivity index (χ4v) is 1.84. The summed E-state index contributed by atoms with van der Waals surface area (Å²) >= 11 is 8.71. The van der Waals surface area contributed by atoms with Crippen LogP contribution in [0.3, 0.4) is 0 Å². The molecule has 0 aromatic heterocycles. The Hall–Kier alpha value is -1.45. The lowest BCUT2D eigenvalue weighted by Gasteiger charge is -1.92. The zero-order valence-corrected chi connectivity index (χ0v) is 13.3. The Kier molecular flexibility index (Phi) is 7.20. The molecule has 0 aliphatic heterocycles. The average Bonchev–Trinajstić information content (AvgIpc) is 2.48. The van der Waals surface area contributed by atoms with E-state index in [4.69, 9.17) is 11.6 Å². The van der Waals surface area contributed by atoms with Crippen LogP contribution < -0.4 is 0 Å². The smallest absolute Gasteiger partial charge is 0.173 e. The van der Waals surface area contributed by atoms with E-state index in [0.717, 1.165) is 5.56 Å². The highest BCUT2D eigenvalue weighted by Gasteiger charge is 1.99. The zero-order chi connectivity index (χ0) is 15.0. The van der Waals surface area contributed by atoms with Crippen molar-refractivity contribution < 1.29 is 9.59 Å². The molecule has 0 atom stereocenters. The summed E-state index contributed by atoms with van der Waals surface area (Å²) in [5.41, 5.74) is 1.46. The number of alkyl halides is 1. The Morgan fingerprint density at radius 2 is 1.50 bits per heavy atom. The molecule has 0 N–H and O–H groups in total. The van der Waals surface area contributed by atoms with Crippen LogP contribution in [0.1, 0.15) is 27.6 Å². The standard InChI is InChI=1S/C8H7BrO.C8H7ClO/c9-6-8(10)7-4-2-1-3-5-7;1-6(10)7-2-4-8(9)5-3-7/h1-5H,6H2;2-5H,1H3. The average molecular weight is 354 g/mol. The third-order valence-corrected chi connectivity index (χ3v) is 3.23. The van der Waals surface area contributed by atoms with Crippen LogP contribution in [0.2, 0.25) is 5.02 Å². The van der Waals surface area contributed by atoms with Crippen molar-refractivity contribution in [2.24, 2.45) is 0 Å². The Morgan fingerprint density at radius 1 is 0.950 bits per heavy atom. The van der Waals surface area contributed by atoms with Gasteiger partial charge in [-0.2, -0.15) is 0 Å². The number of hydrogen-bond donors (Lipinski definition) is 0. The number of Topliss-reactive ketones (excluding diaryl/α,β-unsaturated/α-hetero) is 2. The van der Waals surface area contributed by atoms with Gasteiger partial charge in [-0.3, -0.25) is 9.59 Å². The second kappa shape index (κ2) is 8.67. The van der Waals surface area contributed by atoms with Gasteiger partial charge in [-0.25, -0.2) is 0 Å². The van der Waals surface area contributed by atoms with E-state index in [0.29, 0.717) is 15.9 Å². The topological polar surface area (TPSA) is 34.1 Å². The Bertz CT molecular complexity index is 565. The molecule has 0 heterocycles. The van der Waals surface area contributed by atoms with E-state index >= 15 is 0 Å². The van der Waals surface area contributed by atoms with Crippen LogP contribution in [0, 0.1) is 0 Å². The second-order valence-corrected chi connectivity index (χ2v) is 4.98. The summed E-state index contributed by atoms with van der Waals surface area (Å²) in [6, 6.07) is 16.1. The van der Waals surface area contributed by atoms with Crippen molar-refractivity contribution in [3.05, 3.63) is 70.7 Å². The molecule has 104 valence electrons. The second-order valence-electron chi connectivity index (χ2n) is 3.99. The highest BCUT2D eigenvalue weighted by atomic mass is 79.9. The van der Waals surface area contributed by atoms with Gasteiger partial charge in [0.2, 0.25) is 0 Å². The SMILES string of the molecule is CC(=O)c1ccc(Cl)cc1.O=C(CBr)c1ccccc1. The minimum atomic E-state index is 0.0664. The normalized spacial score (nSPS) is 9.35. The number of carbonyl (C=O) groups is 2. The first-order valence-electron chi connectivity index (χ1n) is 5.95. The highest BCUT2D eigenvalue weighted by Crippen LogP contribution is 2.09. The van der Waals surface area contributed by atoms with Crippen LogP contribution in [-0.2, 0) is 0 Å². The van der Waals surface area contributed by atoms with E-state index in [-0.39, 0.29) is 11.6 Å². The molecule has 0 amide bonds. The molecule has 2 rings (SSSR count). The largest absolute Gasteiger partial charge is 0.295 e. The predicted molar refractivity (Wildman–Crippen MR) is 86.0 cm³/mol. The molecule has 2 nitrogen and oxygen atoms in total. The van der Waals surface area contributed by atoms with Crippen molar-refractivity contribution in [3.63, 3.8) is 0 Å². The molecule has 0 bridgehead atoms. The molecule has 20 heavy (non-hydrogen) atoms. The molecule has 4 heteroatoms. The predicted octanol–water partition coefficient (Wildman–Crippen LogP) is 4.81. The molecular formula is C16H14BrClO2. The van der Waals surface area contributed by atoms with E-state index in [1.165, 1.54) is 6.92 Å². The van der Waals surface area contributed by atoms with Gasteiger partial charge < -0.3 is 0 Å². The molecule has 0 unspecified atom stereocenters. The quantitative estimate of drug-likeness (QED) is 0.586. The molecule has 0 aliphatic rings. The molecular weight excluding hydrogens is 340 g/mol. The van der Waals surface area contributed by atoms with Gasteiger partial charge in [0.25, 0.3) is 0 Å². The third-order valence-electron chi connectivity index (χ3n) is 2.47. The molecule has 0 fully saturated rings. The number of hydrogen-bond acceptors (Lipinski definition) is 2. The molecule has 0 aliphatic carbocycles. The van der Waals surface area contributed by atoms with Crippen LogP contribution in [0.5, 0.6) is 0 Å². The molecule has 2 aromatic carbocycles. The first-order chi connectivity index (χ1) is 9.54. The maximum atomic E-state index is 11.0. The summed E-state index contributed by atoms with van der Waals surface area (Å²) in [4.78, 5) is 21.7. The van der Waals surface area contributed by atoms with Crippen molar-refractivity contribution in [2.75, 3.05) is 5.33 Å². The van der Waals surface area contributed by atoms with Crippen molar-refractivity contribution in [3.8, 4) is 0 Å². The third kappa shape index (κ3) is 5.68. The van der Waals surface area contributed by atoms with Crippen LogP contribution in [-0.4, -0.2) is 16.9 Å². The molecule has 2 aromatic rings. The van der Waals surface area contributed by atoms with E-state index in [1.54, 1.807) is 24.3 Å². The minimum Gasteiger partial charge on any atom is -0.295 e. The van der Waals surface area contributed by atoms with Gasteiger partial charge >= 0.3 is 0 Å². The summed E-state index contributed by atoms with van der Waals surface area (Å²) in [5.74, 6) is 0.192. The number of carbonyl (C=O) groups excluding carboxylic acids is 2. The Labute approximate surface area is 131 Å². The lowest BCUT2D eigenvalue weighted by atomic mass is 10.2. The Morgan fingerprint density at radius 3 is 1.95 bits per heavy atom. The number of benzene rings is 2.